The molecule has 80 valence electrons. The summed E-state index contributed by atoms with van der Waals surface area (Å²) in [5.41, 5.74) is 2.21. The molecule has 1 aromatic rings. The summed E-state index contributed by atoms with van der Waals surface area (Å²) >= 11 is 0. The zero-order valence-corrected chi connectivity index (χ0v) is 8.69. The summed E-state index contributed by atoms with van der Waals surface area (Å²) in [6, 6.07) is 5.24. The maximum absolute atomic E-state index is 9.65. The third kappa shape index (κ3) is 1.94. The van der Waals surface area contributed by atoms with Gasteiger partial charge in [-0.2, -0.15) is 0 Å². The number of benzene rings is 1. The summed E-state index contributed by atoms with van der Waals surface area (Å²) in [7, 11) is 0. The molecule has 1 aliphatic rings. The number of phenolic OH excluding ortho intramolecular Hbond substituents is 1. The maximum atomic E-state index is 9.65. The van der Waals surface area contributed by atoms with Crippen molar-refractivity contribution in [3.05, 3.63) is 29.3 Å². The molecule has 1 unspecified atom stereocenters. The van der Waals surface area contributed by atoms with Crippen LogP contribution in [0.3, 0.4) is 0 Å². The fourth-order valence-electron chi connectivity index (χ4n) is 1.55. The first kappa shape index (κ1) is 9.98. The van der Waals surface area contributed by atoms with E-state index >= 15 is 0 Å². The predicted octanol–water partition coefficient (Wildman–Crippen LogP) is 1.53. The highest BCUT2D eigenvalue weighted by molar-refractivity contribution is 6.03. The monoisotopic (exact) mass is 207 g/mol. The third-order valence-electron chi connectivity index (χ3n) is 2.31. The van der Waals surface area contributed by atoms with Gasteiger partial charge < -0.3 is 15.1 Å². The second-order valence-corrected chi connectivity index (χ2v) is 4.00. The van der Waals surface area contributed by atoms with Crippen molar-refractivity contribution in [3.8, 4) is 5.75 Å². The van der Waals surface area contributed by atoms with Gasteiger partial charge in [-0.1, -0.05) is 16.8 Å². The van der Waals surface area contributed by atoms with Gasteiger partial charge in [0.05, 0.1) is 12.1 Å². The van der Waals surface area contributed by atoms with Crippen LogP contribution in [-0.4, -0.2) is 21.7 Å². The van der Waals surface area contributed by atoms with Gasteiger partial charge in [-0.05, 0) is 19.1 Å². The molecule has 0 bridgehead atoms. The van der Waals surface area contributed by atoms with E-state index in [1.54, 1.807) is 6.07 Å². The van der Waals surface area contributed by atoms with Gasteiger partial charge in [-0.3, -0.25) is 0 Å². The highest BCUT2D eigenvalue weighted by Crippen LogP contribution is 2.28. The lowest BCUT2D eigenvalue weighted by molar-refractivity contribution is -0.170. The van der Waals surface area contributed by atoms with Gasteiger partial charge in [-0.25, -0.2) is 0 Å². The fraction of sp³-hybridized carbons (Fsp3) is 0.364. The summed E-state index contributed by atoms with van der Waals surface area (Å²) in [5, 5.41) is 23.0. The Labute approximate surface area is 87.8 Å². The Morgan fingerprint density at radius 2 is 2.20 bits per heavy atom. The van der Waals surface area contributed by atoms with E-state index in [-0.39, 0.29) is 12.2 Å². The molecule has 2 rings (SSSR count). The van der Waals surface area contributed by atoms with Gasteiger partial charge in [0.2, 0.25) is 5.79 Å². The molecular weight excluding hydrogens is 194 g/mol. The largest absolute Gasteiger partial charge is 0.507 e. The maximum Gasteiger partial charge on any atom is 0.237 e. The first-order chi connectivity index (χ1) is 6.98. The zero-order valence-electron chi connectivity index (χ0n) is 8.69. The van der Waals surface area contributed by atoms with E-state index in [0.717, 1.165) is 5.56 Å². The molecule has 4 heteroatoms. The molecule has 1 atom stereocenters. The van der Waals surface area contributed by atoms with Gasteiger partial charge in [0.25, 0.3) is 0 Å². The Kier molecular flexibility index (Phi) is 2.16. The smallest absolute Gasteiger partial charge is 0.237 e. The van der Waals surface area contributed by atoms with E-state index < -0.39 is 5.79 Å². The number of phenols is 1. The van der Waals surface area contributed by atoms with E-state index in [0.29, 0.717) is 11.3 Å². The van der Waals surface area contributed by atoms with Gasteiger partial charge in [0, 0.05) is 12.5 Å². The van der Waals surface area contributed by atoms with E-state index in [4.69, 9.17) is 4.84 Å². The number of aryl methyl sites for hydroxylation is 1. The number of hydrogen-bond donors (Lipinski definition) is 2. The molecule has 0 saturated carbocycles. The first-order valence-electron chi connectivity index (χ1n) is 4.75. The van der Waals surface area contributed by atoms with Crippen LogP contribution in [0, 0.1) is 6.92 Å². The number of aliphatic hydroxyl groups is 1. The number of aromatic hydroxyl groups is 1. The zero-order chi connectivity index (χ0) is 11.1. The minimum absolute atomic E-state index is 0.153. The van der Waals surface area contributed by atoms with Crippen LogP contribution in [0.15, 0.2) is 23.4 Å². The summed E-state index contributed by atoms with van der Waals surface area (Å²) in [6.07, 6.45) is 0.282. The van der Waals surface area contributed by atoms with Crippen molar-refractivity contribution >= 4 is 5.71 Å². The highest BCUT2D eigenvalue weighted by atomic mass is 16.7. The summed E-state index contributed by atoms with van der Waals surface area (Å²) < 4.78 is 0. The van der Waals surface area contributed by atoms with Crippen molar-refractivity contribution in [2.45, 2.75) is 26.1 Å². The predicted molar refractivity (Wildman–Crippen MR) is 55.7 cm³/mol. The second-order valence-electron chi connectivity index (χ2n) is 4.00. The molecular formula is C11H13NO3. The summed E-state index contributed by atoms with van der Waals surface area (Å²) in [6.45, 7) is 3.47. The Morgan fingerprint density at radius 1 is 1.47 bits per heavy atom. The minimum atomic E-state index is -1.26. The Bertz CT molecular complexity index is 424. The highest BCUT2D eigenvalue weighted by Gasteiger charge is 2.32. The van der Waals surface area contributed by atoms with Crippen LogP contribution in [0.2, 0.25) is 0 Å². The molecule has 0 amide bonds. The van der Waals surface area contributed by atoms with Crippen LogP contribution in [-0.2, 0) is 4.84 Å². The van der Waals surface area contributed by atoms with E-state index in [1.165, 1.54) is 6.92 Å². The van der Waals surface area contributed by atoms with Gasteiger partial charge in [0.15, 0.2) is 0 Å². The van der Waals surface area contributed by atoms with E-state index in [1.807, 2.05) is 19.1 Å². The van der Waals surface area contributed by atoms with Crippen LogP contribution in [0.4, 0.5) is 0 Å². The van der Waals surface area contributed by atoms with Crippen LogP contribution in [0.25, 0.3) is 0 Å². The lowest BCUT2D eigenvalue weighted by Gasteiger charge is -2.12. The van der Waals surface area contributed by atoms with Crippen molar-refractivity contribution in [3.63, 3.8) is 0 Å². The molecule has 0 aliphatic carbocycles. The van der Waals surface area contributed by atoms with Crippen LogP contribution >= 0.6 is 0 Å². The number of nitrogens with zero attached hydrogens (tertiary/aromatic N) is 1. The molecule has 0 fully saturated rings. The molecule has 15 heavy (non-hydrogen) atoms. The van der Waals surface area contributed by atoms with Crippen LogP contribution < -0.4 is 0 Å². The molecule has 0 aromatic heterocycles. The summed E-state index contributed by atoms with van der Waals surface area (Å²) in [4.78, 5) is 4.83. The molecule has 1 aliphatic heterocycles. The third-order valence-corrected chi connectivity index (χ3v) is 2.31. The van der Waals surface area contributed by atoms with Crippen LogP contribution in [0.1, 0.15) is 24.5 Å². The topological polar surface area (TPSA) is 62.1 Å². The SMILES string of the molecule is Cc1ccc(O)c(C2=NOC(C)(O)C2)c1. The van der Waals surface area contributed by atoms with E-state index in [9.17, 15) is 10.2 Å². The molecule has 2 N–H and O–H groups in total. The minimum Gasteiger partial charge on any atom is -0.507 e. The molecule has 0 radical (unpaired) electrons. The molecule has 0 spiro atoms. The Morgan fingerprint density at radius 3 is 2.80 bits per heavy atom. The molecule has 1 aromatic carbocycles. The lowest BCUT2D eigenvalue weighted by atomic mass is 10.0. The van der Waals surface area contributed by atoms with Crippen molar-refractivity contribution < 1.29 is 15.1 Å². The van der Waals surface area contributed by atoms with Crippen LogP contribution in [0.5, 0.6) is 5.75 Å². The average Bonchev–Trinajstić information content (AvgIpc) is 2.50. The number of rotatable bonds is 1. The summed E-state index contributed by atoms with van der Waals surface area (Å²) in [5.74, 6) is -1.11. The normalized spacial score (nSPS) is 24.9. The Hall–Kier alpha value is -1.55. The standard InChI is InChI=1S/C11H13NO3/c1-7-3-4-10(13)8(5-7)9-6-11(2,14)15-12-9/h3-5,13-14H,6H2,1-2H3. The van der Waals surface area contributed by atoms with Crippen molar-refractivity contribution in [1.82, 2.24) is 0 Å². The van der Waals surface area contributed by atoms with E-state index in [2.05, 4.69) is 5.16 Å². The second kappa shape index (κ2) is 3.24. The van der Waals surface area contributed by atoms with Crippen molar-refractivity contribution in [2.24, 2.45) is 5.16 Å². The first-order valence-corrected chi connectivity index (χ1v) is 4.75. The number of oxime groups is 1. The number of hydrogen-bond acceptors (Lipinski definition) is 4. The average molecular weight is 207 g/mol. The molecule has 1 heterocycles. The fourth-order valence-corrected chi connectivity index (χ4v) is 1.55. The van der Waals surface area contributed by atoms with Gasteiger partial charge >= 0.3 is 0 Å². The molecule has 4 nitrogen and oxygen atoms in total. The van der Waals surface area contributed by atoms with Crippen molar-refractivity contribution in [1.29, 1.82) is 0 Å². The molecule has 0 saturated heterocycles. The van der Waals surface area contributed by atoms with Gasteiger partial charge in [0.1, 0.15) is 5.75 Å². The van der Waals surface area contributed by atoms with Gasteiger partial charge in [-0.15, -0.1) is 0 Å². The Balaban J connectivity index is 2.35. The van der Waals surface area contributed by atoms with Crippen molar-refractivity contribution in [2.75, 3.05) is 0 Å². The quantitative estimate of drug-likeness (QED) is 0.734. The lowest BCUT2D eigenvalue weighted by Crippen LogP contribution is -2.23.